The number of aromatic amines is 1. The molecule has 0 saturated heterocycles. The molecule has 0 spiro atoms. The first-order chi connectivity index (χ1) is 8.33. The standard InChI is InChI=1S/C11H12N2.C2H4.CH3N/c1-2-10-6-9-4-3-8(7-12)5-11(9)13-10;2*1-2/h2-6,13H,1,7,12H2;1-2H2;2H,1H2/p+1. The maximum absolute atomic E-state index is 5.55. The Morgan fingerprint density at radius 3 is 2.41 bits per heavy atom. The van der Waals surface area contributed by atoms with Crippen LogP contribution in [-0.2, 0) is 6.54 Å². The average molecular weight is 230 g/mol. The molecular formula is C14H20N3+. The fourth-order valence-electron chi connectivity index (χ4n) is 1.43. The van der Waals surface area contributed by atoms with E-state index in [9.17, 15) is 0 Å². The number of nitrogens with two attached hydrogens (primary N) is 2. The fraction of sp³-hybridized carbons (Fsp3) is 0.0714. The van der Waals surface area contributed by atoms with Gasteiger partial charge in [-0.15, -0.1) is 13.2 Å². The Hall–Kier alpha value is -2.13. The second kappa shape index (κ2) is 8.07. The third-order valence-electron chi connectivity index (χ3n) is 2.16. The number of H-pyrrole nitrogens is 1. The van der Waals surface area contributed by atoms with Gasteiger partial charge >= 0.3 is 0 Å². The van der Waals surface area contributed by atoms with Gasteiger partial charge in [0, 0.05) is 23.1 Å². The number of aromatic nitrogens is 1. The molecule has 0 amide bonds. The first-order valence-electron chi connectivity index (χ1n) is 5.18. The summed E-state index contributed by atoms with van der Waals surface area (Å²) < 4.78 is 0. The molecule has 17 heavy (non-hydrogen) atoms. The summed E-state index contributed by atoms with van der Waals surface area (Å²) in [6, 6.07) is 8.26. The highest BCUT2D eigenvalue weighted by Crippen LogP contribution is 2.17. The first kappa shape index (κ1) is 14.9. The quantitative estimate of drug-likeness (QED) is 0.531. The molecule has 1 aromatic carbocycles. The monoisotopic (exact) mass is 230 g/mol. The van der Waals surface area contributed by atoms with Gasteiger partial charge in [-0.2, -0.15) is 0 Å². The lowest BCUT2D eigenvalue weighted by atomic mass is 10.2. The van der Waals surface area contributed by atoms with Crippen LogP contribution in [0, 0.1) is 0 Å². The van der Waals surface area contributed by atoms with E-state index in [0.29, 0.717) is 6.54 Å². The van der Waals surface area contributed by atoms with Crippen LogP contribution in [0.25, 0.3) is 17.0 Å². The molecule has 0 aliphatic heterocycles. The summed E-state index contributed by atoms with van der Waals surface area (Å²) in [5, 5.41) is 5.45. The van der Waals surface area contributed by atoms with Gasteiger partial charge in [-0.25, -0.2) is 0 Å². The summed E-state index contributed by atoms with van der Waals surface area (Å²) in [5.74, 6) is 0. The molecule has 1 aromatic heterocycles. The van der Waals surface area contributed by atoms with E-state index in [1.54, 1.807) is 0 Å². The largest absolute Gasteiger partial charge is 0.355 e. The number of fused-ring (bicyclic) bond motifs is 1. The van der Waals surface area contributed by atoms with Gasteiger partial charge in [0.15, 0.2) is 0 Å². The molecule has 0 aliphatic rings. The van der Waals surface area contributed by atoms with Crippen molar-refractivity contribution in [3.63, 3.8) is 0 Å². The molecule has 0 fully saturated rings. The Balaban J connectivity index is 0.000000581. The topological polar surface area (TPSA) is 67.4 Å². The molecule has 0 radical (unpaired) electrons. The van der Waals surface area contributed by atoms with Crippen molar-refractivity contribution in [2.75, 3.05) is 0 Å². The van der Waals surface area contributed by atoms with E-state index in [0.717, 1.165) is 16.8 Å². The highest BCUT2D eigenvalue weighted by molar-refractivity contribution is 5.83. The lowest BCUT2D eigenvalue weighted by Gasteiger charge is -1.95. The molecule has 3 nitrogen and oxygen atoms in total. The summed E-state index contributed by atoms with van der Waals surface area (Å²) in [4.78, 5) is 3.25. The molecule has 2 aromatic rings. The van der Waals surface area contributed by atoms with E-state index in [4.69, 9.17) is 5.73 Å². The smallest absolute Gasteiger partial charge is 0.123 e. The Labute approximate surface area is 102 Å². The summed E-state index contributed by atoms with van der Waals surface area (Å²) >= 11 is 0. The van der Waals surface area contributed by atoms with Crippen molar-refractivity contribution in [2.45, 2.75) is 6.54 Å². The van der Waals surface area contributed by atoms with Crippen LogP contribution >= 0.6 is 0 Å². The van der Waals surface area contributed by atoms with Crippen LogP contribution in [0.2, 0.25) is 0 Å². The van der Waals surface area contributed by atoms with Gasteiger partial charge < -0.3 is 10.7 Å². The lowest BCUT2D eigenvalue weighted by Crippen LogP contribution is -2.21. The van der Waals surface area contributed by atoms with Crippen LogP contribution < -0.4 is 11.1 Å². The maximum atomic E-state index is 5.55. The molecule has 0 bridgehead atoms. The predicted molar refractivity (Wildman–Crippen MR) is 76.6 cm³/mol. The molecule has 3 heteroatoms. The van der Waals surface area contributed by atoms with Gasteiger partial charge in [-0.05, 0) is 23.8 Å². The molecule has 5 N–H and O–H groups in total. The lowest BCUT2D eigenvalue weighted by molar-refractivity contribution is -0.0979. The number of hydrogen-bond acceptors (Lipinski definition) is 1. The van der Waals surface area contributed by atoms with Crippen LogP contribution in [0.4, 0.5) is 0 Å². The molecule has 0 unspecified atom stereocenters. The molecule has 0 aliphatic carbocycles. The number of benzene rings is 1. The Morgan fingerprint density at radius 2 is 1.88 bits per heavy atom. The van der Waals surface area contributed by atoms with Crippen LogP contribution in [0.1, 0.15) is 11.3 Å². The molecule has 2 rings (SSSR count). The zero-order chi connectivity index (χ0) is 13.3. The van der Waals surface area contributed by atoms with Gasteiger partial charge in [-0.1, -0.05) is 18.7 Å². The van der Waals surface area contributed by atoms with Gasteiger partial charge in [0.1, 0.15) is 6.72 Å². The van der Waals surface area contributed by atoms with E-state index in [1.165, 1.54) is 5.39 Å². The van der Waals surface area contributed by atoms with Crippen LogP contribution in [0.15, 0.2) is 44.0 Å². The summed E-state index contributed by atoms with van der Waals surface area (Å²) in [6.45, 7) is 13.0. The minimum absolute atomic E-state index is 0.582. The number of rotatable bonds is 2. The third kappa shape index (κ3) is 3.74. The van der Waals surface area contributed by atoms with Crippen LogP contribution in [0.5, 0.6) is 0 Å². The zero-order valence-corrected chi connectivity index (χ0v) is 10.1. The van der Waals surface area contributed by atoms with Crippen molar-refractivity contribution in [3.05, 3.63) is 55.3 Å². The van der Waals surface area contributed by atoms with Crippen molar-refractivity contribution < 1.29 is 5.41 Å². The highest BCUT2D eigenvalue weighted by atomic mass is 14.7. The predicted octanol–water partition coefficient (Wildman–Crippen LogP) is 1.52. The molecule has 1 heterocycles. The van der Waals surface area contributed by atoms with Crippen molar-refractivity contribution in [2.24, 2.45) is 5.73 Å². The van der Waals surface area contributed by atoms with Crippen molar-refractivity contribution in [1.82, 2.24) is 4.98 Å². The molecule has 90 valence electrons. The van der Waals surface area contributed by atoms with E-state index in [2.05, 4.69) is 55.0 Å². The zero-order valence-electron chi connectivity index (χ0n) is 10.1. The van der Waals surface area contributed by atoms with E-state index in [-0.39, 0.29) is 0 Å². The number of nitrogens with one attached hydrogen (secondary N) is 1. The van der Waals surface area contributed by atoms with Crippen LogP contribution in [0.3, 0.4) is 0 Å². The Kier molecular flexibility index (Phi) is 7.06. The van der Waals surface area contributed by atoms with Crippen molar-refractivity contribution in [1.29, 1.82) is 0 Å². The Bertz CT molecular complexity index is 469. The van der Waals surface area contributed by atoms with Crippen molar-refractivity contribution >= 4 is 23.7 Å². The first-order valence-corrected chi connectivity index (χ1v) is 5.18. The Morgan fingerprint density at radius 1 is 1.24 bits per heavy atom. The maximum Gasteiger partial charge on any atom is 0.123 e. The van der Waals surface area contributed by atoms with Gasteiger partial charge in [0.2, 0.25) is 0 Å². The minimum atomic E-state index is 0.582. The number of hydrogen-bond donors (Lipinski definition) is 3. The van der Waals surface area contributed by atoms with E-state index in [1.807, 2.05) is 12.1 Å². The van der Waals surface area contributed by atoms with Gasteiger partial charge in [-0.3, -0.25) is 5.41 Å². The minimum Gasteiger partial charge on any atom is -0.355 e. The third-order valence-corrected chi connectivity index (χ3v) is 2.16. The molecule has 0 saturated carbocycles. The average Bonchev–Trinajstić information content (AvgIpc) is 2.85. The second-order valence-electron chi connectivity index (χ2n) is 3.05. The molecule has 0 atom stereocenters. The van der Waals surface area contributed by atoms with Gasteiger partial charge in [0.25, 0.3) is 0 Å². The van der Waals surface area contributed by atoms with Crippen molar-refractivity contribution in [3.8, 4) is 0 Å². The SMILES string of the molecule is C=C.C=Cc1cc2ccc(CN)cc2[nH]1.C=[NH2+]. The summed E-state index contributed by atoms with van der Waals surface area (Å²) in [7, 11) is 0. The van der Waals surface area contributed by atoms with E-state index >= 15 is 0 Å². The summed E-state index contributed by atoms with van der Waals surface area (Å²) in [5.41, 5.74) is 8.86. The highest BCUT2D eigenvalue weighted by Gasteiger charge is 1.98. The summed E-state index contributed by atoms with van der Waals surface area (Å²) in [6.07, 6.45) is 1.81. The molecular weight excluding hydrogens is 210 g/mol. The fourth-order valence-corrected chi connectivity index (χ4v) is 1.43. The van der Waals surface area contributed by atoms with Gasteiger partial charge in [0.05, 0.1) is 0 Å². The normalized spacial score (nSPS) is 8.53. The van der Waals surface area contributed by atoms with Crippen LogP contribution in [-0.4, -0.2) is 11.7 Å². The van der Waals surface area contributed by atoms with E-state index < -0.39 is 0 Å². The second-order valence-corrected chi connectivity index (χ2v) is 3.05.